The highest BCUT2D eigenvalue weighted by atomic mass is 16.7. The van der Waals surface area contributed by atoms with E-state index >= 15 is 0 Å². The summed E-state index contributed by atoms with van der Waals surface area (Å²) < 4.78 is 11.1. The molecule has 7 N–H and O–H groups in total. The molecule has 10 nitrogen and oxygen atoms in total. The van der Waals surface area contributed by atoms with Crippen LogP contribution in [0.2, 0.25) is 0 Å². The molecule has 0 unspecified atom stereocenters. The maximum absolute atomic E-state index is 12.9. The fourth-order valence-corrected chi connectivity index (χ4v) is 6.24. The first-order valence-electron chi connectivity index (χ1n) is 20.2. The zero-order chi connectivity index (χ0) is 36.8. The van der Waals surface area contributed by atoms with Gasteiger partial charge in [-0.2, -0.15) is 0 Å². The topological polar surface area (TPSA) is 169 Å². The van der Waals surface area contributed by atoms with Gasteiger partial charge in [0.25, 0.3) is 0 Å². The normalized spacial score (nSPS) is 23.1. The summed E-state index contributed by atoms with van der Waals surface area (Å²) >= 11 is 0. The Morgan fingerprint density at radius 3 is 1.74 bits per heavy atom. The van der Waals surface area contributed by atoms with Gasteiger partial charge in [-0.15, -0.1) is 0 Å². The van der Waals surface area contributed by atoms with Crippen LogP contribution in [0.5, 0.6) is 0 Å². The Morgan fingerprint density at radius 1 is 0.680 bits per heavy atom. The molecule has 1 aliphatic heterocycles. The van der Waals surface area contributed by atoms with Gasteiger partial charge in [-0.3, -0.25) is 4.79 Å². The summed E-state index contributed by atoms with van der Waals surface area (Å²) in [5, 5.41) is 64.3. The van der Waals surface area contributed by atoms with Crippen molar-refractivity contribution in [1.82, 2.24) is 5.32 Å². The van der Waals surface area contributed by atoms with E-state index in [4.69, 9.17) is 9.47 Å². The smallest absolute Gasteiger partial charge is 0.249 e. The van der Waals surface area contributed by atoms with Gasteiger partial charge in [-0.25, -0.2) is 0 Å². The fourth-order valence-electron chi connectivity index (χ4n) is 6.24. The molecule has 50 heavy (non-hydrogen) atoms. The number of amides is 1. The molecule has 0 aliphatic carbocycles. The van der Waals surface area contributed by atoms with Crippen LogP contribution in [-0.2, 0) is 14.3 Å². The maximum atomic E-state index is 12.9. The molecule has 0 aromatic carbocycles. The third kappa shape index (κ3) is 21.9. The van der Waals surface area contributed by atoms with E-state index in [2.05, 4.69) is 31.3 Å². The number of ether oxygens (including phenoxy) is 2. The van der Waals surface area contributed by atoms with Gasteiger partial charge in [0.2, 0.25) is 5.91 Å². The Labute approximate surface area is 303 Å². The highest BCUT2D eigenvalue weighted by molar-refractivity contribution is 5.80. The lowest BCUT2D eigenvalue weighted by atomic mass is 9.99. The third-order valence-corrected chi connectivity index (χ3v) is 9.64. The van der Waals surface area contributed by atoms with E-state index in [-0.39, 0.29) is 6.61 Å². The van der Waals surface area contributed by atoms with Gasteiger partial charge >= 0.3 is 0 Å². The van der Waals surface area contributed by atoms with Gasteiger partial charge in [0.15, 0.2) is 6.29 Å². The molecule has 294 valence electrons. The van der Waals surface area contributed by atoms with Gasteiger partial charge < -0.3 is 45.4 Å². The summed E-state index contributed by atoms with van der Waals surface area (Å²) in [6.07, 6.45) is 24.1. The van der Waals surface area contributed by atoms with Gasteiger partial charge in [0, 0.05) is 0 Å². The summed E-state index contributed by atoms with van der Waals surface area (Å²) in [4.78, 5) is 12.9. The molecule has 1 heterocycles. The van der Waals surface area contributed by atoms with E-state index in [9.17, 15) is 35.4 Å². The molecule has 0 bridgehead atoms. The lowest BCUT2D eigenvalue weighted by Gasteiger charge is -2.40. The number of carbonyl (C=O) groups is 1. The summed E-state index contributed by atoms with van der Waals surface area (Å²) in [6, 6.07) is -0.990. The Bertz CT molecular complexity index is 855. The molecule has 1 aliphatic rings. The fraction of sp³-hybridized carbons (Fsp3) is 0.875. The van der Waals surface area contributed by atoms with Crippen LogP contribution in [0.15, 0.2) is 24.3 Å². The lowest BCUT2D eigenvalue weighted by molar-refractivity contribution is -0.302. The number of rotatable bonds is 32. The first-order valence-corrected chi connectivity index (χ1v) is 20.2. The third-order valence-electron chi connectivity index (χ3n) is 9.64. The number of nitrogens with one attached hydrogen (secondary N) is 1. The Balaban J connectivity index is 2.54. The minimum absolute atomic E-state index is 0.306. The largest absolute Gasteiger partial charge is 0.394 e. The molecule has 1 rings (SSSR count). The van der Waals surface area contributed by atoms with E-state index in [1.54, 1.807) is 6.08 Å². The molecule has 0 aromatic heterocycles. The highest BCUT2D eigenvalue weighted by Crippen LogP contribution is 2.22. The summed E-state index contributed by atoms with van der Waals surface area (Å²) in [6.45, 7) is 3.54. The number of unbranched alkanes of at least 4 members (excludes halogenated alkanes) is 19. The molecular formula is C40H75NO9. The number of hydrogen-bond donors (Lipinski definition) is 7. The molecule has 8 atom stereocenters. The quantitative estimate of drug-likeness (QED) is 0.0320. The van der Waals surface area contributed by atoms with Crippen LogP contribution in [-0.4, -0.2) is 98.7 Å². The highest BCUT2D eigenvalue weighted by Gasteiger charge is 2.44. The van der Waals surface area contributed by atoms with Crippen LogP contribution in [0.4, 0.5) is 0 Å². The van der Waals surface area contributed by atoms with E-state index in [0.717, 1.165) is 32.1 Å². The van der Waals surface area contributed by atoms with Crippen molar-refractivity contribution in [3.05, 3.63) is 24.3 Å². The molecule has 10 heteroatoms. The van der Waals surface area contributed by atoms with Crippen molar-refractivity contribution in [2.24, 2.45) is 0 Å². The number of allylic oxidation sites excluding steroid dienone is 3. The average Bonchev–Trinajstić information content (AvgIpc) is 3.11. The van der Waals surface area contributed by atoms with Crippen LogP contribution in [0.3, 0.4) is 0 Å². The summed E-state index contributed by atoms with van der Waals surface area (Å²) in [7, 11) is 0. The van der Waals surface area contributed by atoms with Gasteiger partial charge in [0.1, 0.15) is 30.5 Å². The van der Waals surface area contributed by atoms with Gasteiger partial charge in [-0.05, 0) is 32.1 Å². The van der Waals surface area contributed by atoms with Crippen LogP contribution >= 0.6 is 0 Å². The molecule has 0 aromatic rings. The first-order chi connectivity index (χ1) is 24.3. The average molecular weight is 714 g/mol. The zero-order valence-electron chi connectivity index (χ0n) is 31.5. The SMILES string of the molecule is CCCCCCCCC/C=C\CC/C=C/[C@H](O)[C@@H](CO[C@@H]1O[C@H](CO)[C@@H](O)[C@H](O)[C@H]1O)NC(=O)[C@H](O)CCCCCCCCCCCCCC. The number of carbonyl (C=O) groups excluding carboxylic acids is 1. The molecule has 1 amide bonds. The number of aliphatic hydroxyl groups is 6. The van der Waals surface area contributed by atoms with Crippen molar-refractivity contribution in [1.29, 1.82) is 0 Å². The minimum Gasteiger partial charge on any atom is -0.394 e. The second-order valence-corrected chi connectivity index (χ2v) is 14.2. The van der Waals surface area contributed by atoms with E-state index in [1.165, 1.54) is 96.3 Å². The summed E-state index contributed by atoms with van der Waals surface area (Å²) in [5.41, 5.74) is 0. The molecule has 0 saturated carbocycles. The maximum Gasteiger partial charge on any atom is 0.249 e. The Kier molecular flexibility index (Phi) is 29.1. The van der Waals surface area contributed by atoms with Crippen molar-refractivity contribution in [3.63, 3.8) is 0 Å². The predicted molar refractivity (Wildman–Crippen MR) is 199 cm³/mol. The molecule has 0 spiro atoms. The Morgan fingerprint density at radius 2 is 1.18 bits per heavy atom. The van der Waals surface area contributed by atoms with Crippen LogP contribution in [0, 0.1) is 0 Å². The van der Waals surface area contributed by atoms with Crippen molar-refractivity contribution in [2.75, 3.05) is 13.2 Å². The molecule has 1 saturated heterocycles. The monoisotopic (exact) mass is 714 g/mol. The van der Waals surface area contributed by atoms with Crippen LogP contribution in [0.1, 0.15) is 162 Å². The van der Waals surface area contributed by atoms with Crippen molar-refractivity contribution >= 4 is 5.91 Å². The van der Waals surface area contributed by atoms with Gasteiger partial charge in [0.05, 0.1) is 25.4 Å². The molecular weight excluding hydrogens is 638 g/mol. The van der Waals surface area contributed by atoms with Crippen molar-refractivity contribution in [3.8, 4) is 0 Å². The number of hydrogen-bond acceptors (Lipinski definition) is 9. The van der Waals surface area contributed by atoms with E-state index < -0.39 is 61.5 Å². The second-order valence-electron chi connectivity index (χ2n) is 14.2. The first kappa shape index (κ1) is 46.7. The number of aliphatic hydroxyl groups excluding tert-OH is 6. The van der Waals surface area contributed by atoms with Crippen LogP contribution in [0.25, 0.3) is 0 Å². The van der Waals surface area contributed by atoms with Gasteiger partial charge in [-0.1, -0.05) is 154 Å². The lowest BCUT2D eigenvalue weighted by Crippen LogP contribution is -2.60. The van der Waals surface area contributed by atoms with Crippen molar-refractivity contribution in [2.45, 2.75) is 210 Å². The zero-order valence-corrected chi connectivity index (χ0v) is 31.5. The van der Waals surface area contributed by atoms with Crippen LogP contribution < -0.4 is 5.32 Å². The van der Waals surface area contributed by atoms with E-state index in [1.807, 2.05) is 6.08 Å². The predicted octanol–water partition coefficient (Wildman–Crippen LogP) is 6.13. The second kappa shape index (κ2) is 31.2. The molecule has 0 radical (unpaired) electrons. The molecule has 1 fully saturated rings. The minimum atomic E-state index is -1.61. The summed E-state index contributed by atoms with van der Waals surface area (Å²) in [5.74, 6) is -0.628. The Hall–Kier alpha value is -1.37. The standard InChI is InChI=1S/C40H75NO9/c1-3-5-7-9-11-13-15-17-19-20-22-24-26-28-33(43)32(31-49-40-38(47)37(46)36(45)35(30-42)50-40)41-39(48)34(44)29-27-25-23-21-18-16-14-12-10-8-6-4-2/h19-20,26,28,32-38,40,42-47H,3-18,21-25,27,29-31H2,1-2H3,(H,41,48)/b20-19-,28-26+/t32-,33+,34-,35-,36-,37+,38-,40-/m1/s1. The van der Waals surface area contributed by atoms with Crippen molar-refractivity contribution < 1.29 is 44.9 Å². The van der Waals surface area contributed by atoms with E-state index in [0.29, 0.717) is 19.3 Å².